The van der Waals surface area contributed by atoms with Crippen LogP contribution < -0.4 is 0 Å². The van der Waals surface area contributed by atoms with Crippen molar-refractivity contribution in [1.29, 1.82) is 5.26 Å². The lowest BCUT2D eigenvalue weighted by Gasteiger charge is -2.16. The van der Waals surface area contributed by atoms with Gasteiger partial charge in [-0.3, -0.25) is 0 Å². The number of furan rings is 1. The Morgan fingerprint density at radius 1 is 0.462 bits per heavy atom. The fourth-order valence-corrected chi connectivity index (χ4v) is 7.59. The first kappa shape index (κ1) is 29.7. The van der Waals surface area contributed by atoms with E-state index in [1.807, 2.05) is 42.5 Å². The maximum Gasteiger partial charge on any atom is 0.137 e. The molecule has 4 nitrogen and oxygen atoms in total. The number of hydrogen-bond acceptors (Lipinski definition) is 3. The van der Waals surface area contributed by atoms with E-state index in [1.165, 1.54) is 5.39 Å². The van der Waals surface area contributed by atoms with E-state index < -0.39 is 0 Å². The number of fused-ring (bicyclic) bond motifs is 7. The first-order valence-electron chi connectivity index (χ1n) is 17.3. The highest BCUT2D eigenvalue weighted by Crippen LogP contribution is 2.42. The van der Waals surface area contributed by atoms with Gasteiger partial charge in [-0.25, -0.2) is 4.98 Å². The largest absolute Gasteiger partial charge is 0.456 e. The van der Waals surface area contributed by atoms with Crippen LogP contribution in [0, 0.1) is 11.3 Å². The van der Waals surface area contributed by atoms with Crippen LogP contribution in [0.2, 0.25) is 0 Å². The minimum absolute atomic E-state index is 0.620. The average Bonchev–Trinajstić information content (AvgIpc) is 3.77. The lowest BCUT2D eigenvalue weighted by atomic mass is 9.95. The lowest BCUT2D eigenvalue weighted by Crippen LogP contribution is -1.97. The molecule has 0 spiro atoms. The van der Waals surface area contributed by atoms with E-state index in [4.69, 9.17) is 9.40 Å². The van der Waals surface area contributed by atoms with Crippen LogP contribution in [0.1, 0.15) is 5.56 Å². The molecule has 52 heavy (non-hydrogen) atoms. The minimum Gasteiger partial charge on any atom is -0.456 e. The standard InChI is InChI=1S/C48H29N3O/c49-30-31-12-11-17-34(24-31)35-25-36(37-28-42(32-13-3-1-4-14-32)50-43(29-37)33-15-5-2-6-16-33)27-38(26-35)51-44-20-9-7-18-39(44)40-22-23-46-47(48(40)51)41-19-8-10-21-45(41)52-46/h1-29H. The molecule has 4 heteroatoms. The zero-order valence-electron chi connectivity index (χ0n) is 28.0. The molecule has 0 aliphatic rings. The van der Waals surface area contributed by atoms with Gasteiger partial charge in [0.25, 0.3) is 0 Å². The third-order valence-corrected chi connectivity index (χ3v) is 9.97. The maximum absolute atomic E-state index is 9.86. The monoisotopic (exact) mass is 663 g/mol. The molecule has 0 fully saturated rings. The predicted molar refractivity (Wildman–Crippen MR) is 212 cm³/mol. The van der Waals surface area contributed by atoms with Crippen molar-refractivity contribution in [2.24, 2.45) is 0 Å². The molecule has 0 radical (unpaired) electrons. The molecule has 10 rings (SSSR count). The van der Waals surface area contributed by atoms with Gasteiger partial charge in [0, 0.05) is 33.0 Å². The Balaban J connectivity index is 1.31. The Kier molecular flexibility index (Phi) is 6.84. The van der Waals surface area contributed by atoms with Gasteiger partial charge in [0.05, 0.1) is 39.4 Å². The smallest absolute Gasteiger partial charge is 0.137 e. The maximum atomic E-state index is 9.86. The second-order valence-electron chi connectivity index (χ2n) is 13.1. The van der Waals surface area contributed by atoms with Crippen LogP contribution in [0.5, 0.6) is 0 Å². The van der Waals surface area contributed by atoms with Gasteiger partial charge in [0.15, 0.2) is 0 Å². The van der Waals surface area contributed by atoms with Gasteiger partial charge in [-0.05, 0) is 89.0 Å². The van der Waals surface area contributed by atoms with E-state index in [1.54, 1.807) is 0 Å². The van der Waals surface area contributed by atoms with Crippen LogP contribution in [0.15, 0.2) is 180 Å². The summed E-state index contributed by atoms with van der Waals surface area (Å²) in [4.78, 5) is 5.16. The highest BCUT2D eigenvalue weighted by molar-refractivity contribution is 6.24. The van der Waals surface area contributed by atoms with Gasteiger partial charge in [0.2, 0.25) is 0 Å². The number of nitriles is 1. The van der Waals surface area contributed by atoms with Crippen LogP contribution in [-0.4, -0.2) is 9.55 Å². The van der Waals surface area contributed by atoms with Gasteiger partial charge in [-0.1, -0.05) is 109 Å². The van der Waals surface area contributed by atoms with E-state index in [2.05, 4.69) is 144 Å². The Hall–Kier alpha value is -7.22. The molecule has 0 amide bonds. The van der Waals surface area contributed by atoms with Crippen molar-refractivity contribution in [2.75, 3.05) is 0 Å². The molecule has 0 saturated carbocycles. The molecule has 0 atom stereocenters. The Morgan fingerprint density at radius 3 is 1.81 bits per heavy atom. The molecule has 0 aliphatic carbocycles. The van der Waals surface area contributed by atoms with Crippen LogP contribution in [0.3, 0.4) is 0 Å². The van der Waals surface area contributed by atoms with Crippen molar-refractivity contribution in [1.82, 2.24) is 9.55 Å². The SMILES string of the molecule is N#Cc1cccc(-c2cc(-c3cc(-c4ccccc4)nc(-c4ccccc4)c3)cc(-n3c4ccccc4c4ccc5oc6ccccc6c5c43)c2)c1. The summed E-state index contributed by atoms with van der Waals surface area (Å²) in [5.41, 5.74) is 13.5. The predicted octanol–water partition coefficient (Wildman–Crippen LogP) is 12.6. The van der Waals surface area contributed by atoms with Crippen LogP contribution >= 0.6 is 0 Å². The number of aromatic nitrogens is 2. The summed E-state index contributed by atoms with van der Waals surface area (Å²) in [7, 11) is 0. The van der Waals surface area contributed by atoms with Gasteiger partial charge in [0.1, 0.15) is 11.2 Å². The first-order valence-corrected chi connectivity index (χ1v) is 17.3. The first-order chi connectivity index (χ1) is 25.7. The van der Waals surface area contributed by atoms with Gasteiger partial charge in [-0.15, -0.1) is 0 Å². The van der Waals surface area contributed by atoms with E-state index in [9.17, 15) is 5.26 Å². The van der Waals surface area contributed by atoms with E-state index in [-0.39, 0.29) is 0 Å². The number of rotatable bonds is 5. The molecule has 0 aliphatic heterocycles. The molecule has 0 bridgehead atoms. The van der Waals surface area contributed by atoms with Crippen molar-refractivity contribution in [2.45, 2.75) is 0 Å². The summed E-state index contributed by atoms with van der Waals surface area (Å²) < 4.78 is 8.80. The van der Waals surface area contributed by atoms with Crippen molar-refractivity contribution in [3.05, 3.63) is 181 Å². The van der Waals surface area contributed by atoms with Crippen LogP contribution in [-0.2, 0) is 0 Å². The molecule has 7 aromatic carbocycles. The number of benzene rings is 7. The lowest BCUT2D eigenvalue weighted by molar-refractivity contribution is 0.669. The summed E-state index contributed by atoms with van der Waals surface area (Å²) in [6.45, 7) is 0. The molecular formula is C48H29N3O. The van der Waals surface area contributed by atoms with Crippen molar-refractivity contribution >= 4 is 43.7 Å². The fraction of sp³-hybridized carbons (Fsp3) is 0. The Morgan fingerprint density at radius 2 is 1.08 bits per heavy atom. The van der Waals surface area contributed by atoms with Crippen LogP contribution in [0.25, 0.3) is 94.2 Å². The second kappa shape index (κ2) is 12.0. The summed E-state index contributed by atoms with van der Waals surface area (Å²) >= 11 is 0. The molecule has 0 unspecified atom stereocenters. The summed E-state index contributed by atoms with van der Waals surface area (Å²) in [6.07, 6.45) is 0. The average molecular weight is 664 g/mol. The number of nitrogens with zero attached hydrogens (tertiary/aromatic N) is 3. The molecule has 3 aromatic heterocycles. The van der Waals surface area contributed by atoms with Crippen molar-refractivity contribution in [3.8, 4) is 56.5 Å². The number of pyridine rings is 1. The molecule has 3 heterocycles. The van der Waals surface area contributed by atoms with Gasteiger partial charge < -0.3 is 8.98 Å². The Bertz CT molecular complexity index is 2960. The van der Waals surface area contributed by atoms with E-state index in [0.29, 0.717) is 5.56 Å². The summed E-state index contributed by atoms with van der Waals surface area (Å²) in [5, 5.41) is 14.4. The molecule has 0 N–H and O–H groups in total. The van der Waals surface area contributed by atoms with Gasteiger partial charge >= 0.3 is 0 Å². The highest BCUT2D eigenvalue weighted by Gasteiger charge is 2.20. The fourth-order valence-electron chi connectivity index (χ4n) is 7.59. The van der Waals surface area contributed by atoms with Gasteiger partial charge in [-0.2, -0.15) is 5.26 Å². The molecule has 242 valence electrons. The van der Waals surface area contributed by atoms with Crippen molar-refractivity contribution < 1.29 is 4.42 Å². The summed E-state index contributed by atoms with van der Waals surface area (Å²) in [5.74, 6) is 0. The highest BCUT2D eigenvalue weighted by atomic mass is 16.3. The zero-order valence-corrected chi connectivity index (χ0v) is 28.0. The van der Waals surface area contributed by atoms with Crippen molar-refractivity contribution in [3.63, 3.8) is 0 Å². The second-order valence-corrected chi connectivity index (χ2v) is 13.1. The minimum atomic E-state index is 0.620. The van der Waals surface area contributed by atoms with E-state index in [0.717, 1.165) is 88.8 Å². The molecule has 0 saturated heterocycles. The topological polar surface area (TPSA) is 54.8 Å². The Labute approximate surface area is 300 Å². The molecule has 10 aromatic rings. The van der Waals surface area contributed by atoms with Crippen LogP contribution in [0.4, 0.5) is 0 Å². The third kappa shape index (κ3) is 4.87. The zero-order chi connectivity index (χ0) is 34.6. The third-order valence-electron chi connectivity index (χ3n) is 9.97. The summed E-state index contributed by atoms with van der Waals surface area (Å²) in [6, 6.07) is 63.1. The molecular weight excluding hydrogens is 635 g/mol. The number of hydrogen-bond donors (Lipinski definition) is 0. The quantitative estimate of drug-likeness (QED) is 0.184. The number of para-hydroxylation sites is 2. The van der Waals surface area contributed by atoms with E-state index >= 15 is 0 Å². The normalized spacial score (nSPS) is 11.4.